The van der Waals surface area contributed by atoms with Crippen molar-refractivity contribution in [3.05, 3.63) is 10.6 Å². The van der Waals surface area contributed by atoms with Gasteiger partial charge in [0.25, 0.3) is 0 Å². The lowest BCUT2D eigenvalue weighted by Crippen LogP contribution is -1.88. The van der Waals surface area contributed by atoms with E-state index in [1.165, 1.54) is 14.0 Å². The Bertz CT molecular complexity index is 319. The molecule has 0 heterocycles. The van der Waals surface area contributed by atoms with Gasteiger partial charge in [0.1, 0.15) is 10.8 Å². The molecular weight excluding hydrogens is 196 g/mol. The average Bonchev–Trinajstić information content (AvgIpc) is 2.13. The first-order valence-electron chi connectivity index (χ1n) is 3.47. The summed E-state index contributed by atoms with van der Waals surface area (Å²) in [5.41, 5.74) is 0.114. The van der Waals surface area contributed by atoms with Crippen LogP contribution in [0.2, 0.25) is 5.02 Å². The molecule has 1 aromatic carbocycles. The van der Waals surface area contributed by atoms with Gasteiger partial charge in [-0.15, -0.1) is 0 Å². The second-order valence-corrected chi connectivity index (χ2v) is 2.90. The lowest BCUT2D eigenvalue weighted by atomic mass is 10.1. The van der Waals surface area contributed by atoms with Crippen molar-refractivity contribution in [3.63, 3.8) is 0 Å². The third-order valence-electron chi connectivity index (χ3n) is 1.76. The van der Waals surface area contributed by atoms with Crippen molar-refractivity contribution in [3.8, 4) is 23.0 Å². The number of hydrogen-bond donors (Lipinski definition) is 3. The molecule has 0 bridgehead atoms. The van der Waals surface area contributed by atoms with E-state index in [1.807, 2.05) is 0 Å². The zero-order valence-electron chi connectivity index (χ0n) is 7.13. The number of halogens is 1. The molecule has 0 spiro atoms. The van der Waals surface area contributed by atoms with Gasteiger partial charge in [-0.25, -0.2) is 0 Å². The Balaban J connectivity index is 3.56. The maximum atomic E-state index is 9.34. The Morgan fingerprint density at radius 2 is 1.62 bits per heavy atom. The van der Waals surface area contributed by atoms with Crippen molar-refractivity contribution in [2.75, 3.05) is 7.11 Å². The predicted molar refractivity (Wildman–Crippen MR) is 47.7 cm³/mol. The topological polar surface area (TPSA) is 69.9 Å². The van der Waals surface area contributed by atoms with Crippen molar-refractivity contribution >= 4 is 11.6 Å². The van der Waals surface area contributed by atoms with Crippen LogP contribution in [0.25, 0.3) is 0 Å². The SMILES string of the molecule is COc1c(O)c(O)c(C)c(O)c1Cl. The number of phenolic OH excluding ortho intramolecular Hbond substituents is 3. The minimum absolute atomic E-state index is 0.114. The molecule has 0 saturated carbocycles. The lowest BCUT2D eigenvalue weighted by molar-refractivity contribution is 0.343. The fourth-order valence-corrected chi connectivity index (χ4v) is 1.27. The molecule has 0 saturated heterocycles. The number of benzene rings is 1. The molecule has 0 fully saturated rings. The Morgan fingerprint density at radius 3 is 2.08 bits per heavy atom. The molecule has 13 heavy (non-hydrogen) atoms. The van der Waals surface area contributed by atoms with Crippen molar-refractivity contribution in [1.82, 2.24) is 0 Å². The molecular formula is C8H9ClO4. The van der Waals surface area contributed by atoms with E-state index in [0.29, 0.717) is 0 Å². The summed E-state index contributed by atoms with van der Waals surface area (Å²) >= 11 is 5.63. The van der Waals surface area contributed by atoms with Crippen molar-refractivity contribution in [2.45, 2.75) is 6.92 Å². The summed E-state index contributed by atoms with van der Waals surface area (Å²) in [5.74, 6) is -1.34. The summed E-state index contributed by atoms with van der Waals surface area (Å²) in [4.78, 5) is 0. The number of phenols is 3. The molecule has 72 valence electrons. The van der Waals surface area contributed by atoms with Crippen LogP contribution in [0.15, 0.2) is 0 Å². The summed E-state index contributed by atoms with van der Waals surface area (Å²) in [7, 11) is 1.27. The molecule has 0 unspecified atom stereocenters. The van der Waals surface area contributed by atoms with Crippen molar-refractivity contribution in [1.29, 1.82) is 0 Å². The van der Waals surface area contributed by atoms with Crippen LogP contribution in [0, 0.1) is 6.92 Å². The van der Waals surface area contributed by atoms with Gasteiger partial charge in [0.15, 0.2) is 11.5 Å². The van der Waals surface area contributed by atoms with Gasteiger partial charge in [-0.3, -0.25) is 0 Å². The van der Waals surface area contributed by atoms with E-state index in [2.05, 4.69) is 0 Å². The molecule has 1 aromatic rings. The molecule has 0 aromatic heterocycles. The van der Waals surface area contributed by atoms with Crippen LogP contribution in [0.5, 0.6) is 23.0 Å². The molecule has 3 N–H and O–H groups in total. The Kier molecular flexibility index (Phi) is 2.43. The van der Waals surface area contributed by atoms with Gasteiger partial charge in [-0.05, 0) is 6.92 Å². The zero-order chi connectivity index (χ0) is 10.2. The third-order valence-corrected chi connectivity index (χ3v) is 2.11. The zero-order valence-corrected chi connectivity index (χ0v) is 7.88. The second-order valence-electron chi connectivity index (χ2n) is 2.52. The summed E-state index contributed by atoms with van der Waals surface area (Å²) in [6.45, 7) is 1.43. The normalized spacial score (nSPS) is 10.1. The van der Waals surface area contributed by atoms with E-state index in [4.69, 9.17) is 16.3 Å². The fraction of sp³-hybridized carbons (Fsp3) is 0.250. The van der Waals surface area contributed by atoms with E-state index in [9.17, 15) is 15.3 Å². The minimum Gasteiger partial charge on any atom is -0.506 e. The summed E-state index contributed by atoms with van der Waals surface area (Å²) < 4.78 is 4.69. The second kappa shape index (κ2) is 3.22. The van der Waals surface area contributed by atoms with Crippen LogP contribution in [-0.2, 0) is 0 Å². The van der Waals surface area contributed by atoms with Gasteiger partial charge in [0.05, 0.1) is 7.11 Å². The van der Waals surface area contributed by atoms with E-state index in [1.54, 1.807) is 0 Å². The molecule has 0 aliphatic heterocycles. The third kappa shape index (κ3) is 1.33. The van der Waals surface area contributed by atoms with Crippen LogP contribution in [-0.4, -0.2) is 22.4 Å². The van der Waals surface area contributed by atoms with Gasteiger partial charge in [-0.2, -0.15) is 0 Å². The Labute approximate surface area is 80.0 Å². The highest BCUT2D eigenvalue weighted by Crippen LogP contribution is 2.49. The molecule has 0 aliphatic carbocycles. The van der Waals surface area contributed by atoms with Crippen LogP contribution in [0.3, 0.4) is 0 Å². The first-order valence-corrected chi connectivity index (χ1v) is 3.85. The van der Waals surface area contributed by atoms with Gasteiger partial charge in [-0.1, -0.05) is 11.6 Å². The first-order chi connectivity index (χ1) is 6.00. The van der Waals surface area contributed by atoms with E-state index in [0.717, 1.165) is 0 Å². The first kappa shape index (κ1) is 9.80. The number of aromatic hydroxyl groups is 3. The molecule has 0 amide bonds. The molecule has 5 heteroatoms. The number of methoxy groups -OCH3 is 1. The molecule has 0 atom stereocenters. The van der Waals surface area contributed by atoms with Crippen molar-refractivity contribution < 1.29 is 20.1 Å². The van der Waals surface area contributed by atoms with Gasteiger partial charge in [0, 0.05) is 5.56 Å². The van der Waals surface area contributed by atoms with E-state index in [-0.39, 0.29) is 22.1 Å². The molecule has 0 radical (unpaired) electrons. The monoisotopic (exact) mass is 204 g/mol. The van der Waals surface area contributed by atoms with Gasteiger partial charge in [0.2, 0.25) is 5.75 Å². The molecule has 1 rings (SSSR count). The maximum Gasteiger partial charge on any atom is 0.202 e. The predicted octanol–water partition coefficient (Wildman–Crippen LogP) is 1.77. The highest BCUT2D eigenvalue weighted by atomic mass is 35.5. The maximum absolute atomic E-state index is 9.34. The molecule has 0 aliphatic rings. The molecule has 4 nitrogen and oxygen atoms in total. The fourth-order valence-electron chi connectivity index (χ4n) is 0.960. The highest BCUT2D eigenvalue weighted by Gasteiger charge is 2.20. The Hall–Kier alpha value is -1.29. The largest absolute Gasteiger partial charge is 0.506 e. The van der Waals surface area contributed by atoms with E-state index < -0.39 is 11.5 Å². The quantitative estimate of drug-likeness (QED) is 0.482. The van der Waals surface area contributed by atoms with Crippen LogP contribution in [0.1, 0.15) is 5.56 Å². The average molecular weight is 205 g/mol. The summed E-state index contributed by atoms with van der Waals surface area (Å²) in [5, 5.41) is 27.8. The van der Waals surface area contributed by atoms with Crippen LogP contribution < -0.4 is 4.74 Å². The van der Waals surface area contributed by atoms with Crippen molar-refractivity contribution in [2.24, 2.45) is 0 Å². The number of rotatable bonds is 1. The smallest absolute Gasteiger partial charge is 0.202 e. The Morgan fingerprint density at radius 1 is 1.08 bits per heavy atom. The number of hydrogen-bond acceptors (Lipinski definition) is 4. The standard InChI is InChI=1S/C8H9ClO4/c1-3-5(10)4(9)8(13-2)7(12)6(3)11/h10-12H,1-2H3. The number of ether oxygens (including phenoxy) is 1. The highest BCUT2D eigenvalue weighted by molar-refractivity contribution is 6.34. The summed E-state index contributed by atoms with van der Waals surface area (Å²) in [6, 6.07) is 0. The minimum atomic E-state index is -0.470. The lowest BCUT2D eigenvalue weighted by Gasteiger charge is -2.11. The van der Waals surface area contributed by atoms with E-state index >= 15 is 0 Å². The summed E-state index contributed by atoms with van der Waals surface area (Å²) in [6.07, 6.45) is 0. The van der Waals surface area contributed by atoms with Crippen LogP contribution >= 0.6 is 11.6 Å². The van der Waals surface area contributed by atoms with Crippen LogP contribution in [0.4, 0.5) is 0 Å². The van der Waals surface area contributed by atoms with Gasteiger partial charge < -0.3 is 20.1 Å². The van der Waals surface area contributed by atoms with Gasteiger partial charge >= 0.3 is 0 Å².